The van der Waals surface area contributed by atoms with E-state index in [-0.39, 0.29) is 17.5 Å². The van der Waals surface area contributed by atoms with Gasteiger partial charge in [0, 0.05) is 22.8 Å². The predicted octanol–water partition coefficient (Wildman–Crippen LogP) is 2.15. The van der Waals surface area contributed by atoms with Crippen LogP contribution in [0.4, 0.5) is 5.69 Å². The third kappa shape index (κ3) is 2.95. The molecule has 1 saturated heterocycles. The Balaban J connectivity index is 2.00. The summed E-state index contributed by atoms with van der Waals surface area (Å²) < 4.78 is 28.4. The second-order valence-corrected chi connectivity index (χ2v) is 7.67. The Hall–Kier alpha value is -1.82. The van der Waals surface area contributed by atoms with Gasteiger partial charge in [0.1, 0.15) is 5.75 Å². The summed E-state index contributed by atoms with van der Waals surface area (Å²) in [6.07, 6.45) is 0.648. The Morgan fingerprint density at radius 2 is 2.14 bits per heavy atom. The number of hydrogen-bond donors (Lipinski definition) is 1. The van der Waals surface area contributed by atoms with Crippen LogP contribution in [0.5, 0.6) is 5.75 Å². The smallest absolute Gasteiger partial charge is 0.152 e. The second kappa shape index (κ2) is 5.18. The Morgan fingerprint density at radius 3 is 2.81 bits per heavy atom. The van der Waals surface area contributed by atoms with Crippen molar-refractivity contribution in [2.24, 2.45) is 0 Å². The fraction of sp³-hybridized carbons (Fsp3) is 0.400. The minimum atomic E-state index is -2.89. The van der Waals surface area contributed by atoms with E-state index in [1.165, 1.54) is 0 Å². The number of benzene rings is 1. The molecule has 1 fully saturated rings. The zero-order valence-corrected chi connectivity index (χ0v) is 12.9. The number of aromatic nitrogens is 1. The first-order valence-corrected chi connectivity index (χ1v) is 8.71. The van der Waals surface area contributed by atoms with E-state index in [0.29, 0.717) is 6.42 Å². The summed E-state index contributed by atoms with van der Waals surface area (Å²) in [5.41, 5.74) is 2.69. The van der Waals surface area contributed by atoms with Gasteiger partial charge in [0.05, 0.1) is 24.1 Å². The molecular formula is C15H18N2O3S. The number of aryl methyl sites for hydroxylation is 1. The number of nitrogens with one attached hydrogen (secondary N) is 1. The average Bonchev–Trinajstić information content (AvgIpc) is 2.77. The number of methoxy groups -OCH3 is 1. The van der Waals surface area contributed by atoms with Gasteiger partial charge in [-0.25, -0.2) is 8.42 Å². The zero-order chi connectivity index (χ0) is 15.0. The number of sulfone groups is 1. The van der Waals surface area contributed by atoms with Crippen molar-refractivity contribution in [1.29, 1.82) is 0 Å². The minimum Gasteiger partial charge on any atom is -0.497 e. The maximum Gasteiger partial charge on any atom is 0.152 e. The molecule has 1 aliphatic heterocycles. The van der Waals surface area contributed by atoms with Gasteiger partial charge >= 0.3 is 0 Å². The van der Waals surface area contributed by atoms with Crippen LogP contribution in [0.25, 0.3) is 10.9 Å². The van der Waals surface area contributed by atoms with Crippen molar-refractivity contribution in [2.75, 3.05) is 23.9 Å². The minimum absolute atomic E-state index is 0.0359. The van der Waals surface area contributed by atoms with Crippen molar-refractivity contribution in [2.45, 2.75) is 19.4 Å². The van der Waals surface area contributed by atoms with E-state index < -0.39 is 9.84 Å². The van der Waals surface area contributed by atoms with Crippen molar-refractivity contribution in [1.82, 2.24) is 4.98 Å². The van der Waals surface area contributed by atoms with Crippen LogP contribution >= 0.6 is 0 Å². The first-order chi connectivity index (χ1) is 9.97. The number of ether oxygens (including phenoxy) is 1. The van der Waals surface area contributed by atoms with Crippen molar-refractivity contribution >= 4 is 26.4 Å². The van der Waals surface area contributed by atoms with Gasteiger partial charge < -0.3 is 10.1 Å². The van der Waals surface area contributed by atoms with Crippen LogP contribution in [-0.2, 0) is 9.84 Å². The lowest BCUT2D eigenvalue weighted by atomic mass is 10.1. The van der Waals surface area contributed by atoms with E-state index in [1.807, 2.05) is 31.2 Å². The van der Waals surface area contributed by atoms with Crippen LogP contribution in [0.3, 0.4) is 0 Å². The molecule has 0 bridgehead atoms. The number of pyridine rings is 1. The van der Waals surface area contributed by atoms with Gasteiger partial charge in [-0.3, -0.25) is 4.98 Å². The van der Waals surface area contributed by atoms with Crippen LogP contribution in [-0.4, -0.2) is 38.1 Å². The molecule has 5 nitrogen and oxygen atoms in total. The molecule has 6 heteroatoms. The van der Waals surface area contributed by atoms with Gasteiger partial charge in [-0.15, -0.1) is 0 Å². The molecule has 0 spiro atoms. The standard InChI is InChI=1S/C15H18N2O3S/c1-10-7-15(17-11-5-6-21(18,19)9-11)13-8-12(20-2)3-4-14(13)16-10/h3-4,7-8,11H,5-6,9H2,1-2H3,(H,16,17). The first kappa shape index (κ1) is 14.1. The van der Waals surface area contributed by atoms with Crippen molar-refractivity contribution in [3.8, 4) is 5.75 Å². The normalized spacial score (nSPS) is 20.6. The number of hydrogen-bond acceptors (Lipinski definition) is 5. The fourth-order valence-electron chi connectivity index (χ4n) is 2.71. The van der Waals surface area contributed by atoms with E-state index in [2.05, 4.69) is 10.3 Å². The third-order valence-electron chi connectivity index (χ3n) is 3.74. The van der Waals surface area contributed by atoms with Gasteiger partial charge in [-0.05, 0) is 37.6 Å². The third-order valence-corrected chi connectivity index (χ3v) is 5.50. The number of nitrogens with zero attached hydrogens (tertiary/aromatic N) is 1. The highest BCUT2D eigenvalue weighted by molar-refractivity contribution is 7.91. The molecule has 0 aliphatic carbocycles. The summed E-state index contributed by atoms with van der Waals surface area (Å²) in [5.74, 6) is 1.21. The highest BCUT2D eigenvalue weighted by atomic mass is 32.2. The van der Waals surface area contributed by atoms with Crippen LogP contribution in [0.15, 0.2) is 24.3 Å². The molecule has 2 aromatic rings. The molecule has 112 valence electrons. The summed E-state index contributed by atoms with van der Waals surface area (Å²) >= 11 is 0. The molecule has 1 atom stereocenters. The van der Waals surface area contributed by atoms with Crippen molar-refractivity contribution in [3.05, 3.63) is 30.0 Å². The zero-order valence-electron chi connectivity index (χ0n) is 12.1. The van der Waals surface area contributed by atoms with Crippen LogP contribution in [0.1, 0.15) is 12.1 Å². The molecule has 1 aliphatic rings. The lowest BCUT2D eigenvalue weighted by Crippen LogP contribution is -2.20. The molecular weight excluding hydrogens is 288 g/mol. The maximum atomic E-state index is 11.6. The molecule has 1 aromatic carbocycles. The second-order valence-electron chi connectivity index (χ2n) is 5.44. The SMILES string of the molecule is COc1ccc2nc(C)cc(NC3CCS(=O)(=O)C3)c2c1. The first-order valence-electron chi connectivity index (χ1n) is 6.89. The maximum absolute atomic E-state index is 11.6. The van der Waals surface area contributed by atoms with Gasteiger partial charge in [-0.1, -0.05) is 0 Å². The predicted molar refractivity (Wildman–Crippen MR) is 83.7 cm³/mol. The Morgan fingerprint density at radius 1 is 1.33 bits per heavy atom. The lowest BCUT2D eigenvalue weighted by Gasteiger charge is -2.16. The van der Waals surface area contributed by atoms with E-state index in [4.69, 9.17) is 4.74 Å². The number of anilines is 1. The largest absolute Gasteiger partial charge is 0.497 e. The van der Waals surface area contributed by atoms with E-state index >= 15 is 0 Å². The highest BCUT2D eigenvalue weighted by Gasteiger charge is 2.28. The molecule has 3 rings (SSSR count). The quantitative estimate of drug-likeness (QED) is 0.941. The summed E-state index contributed by atoms with van der Waals surface area (Å²) in [6.45, 7) is 1.93. The molecule has 0 saturated carbocycles. The fourth-order valence-corrected chi connectivity index (χ4v) is 4.39. The molecule has 0 amide bonds. The molecule has 0 radical (unpaired) electrons. The van der Waals surface area contributed by atoms with E-state index in [0.717, 1.165) is 28.0 Å². The lowest BCUT2D eigenvalue weighted by molar-refractivity contribution is 0.415. The molecule has 1 aromatic heterocycles. The molecule has 21 heavy (non-hydrogen) atoms. The summed E-state index contributed by atoms with van der Waals surface area (Å²) in [5, 5.41) is 4.31. The van der Waals surface area contributed by atoms with Gasteiger partial charge in [0.2, 0.25) is 0 Å². The van der Waals surface area contributed by atoms with Crippen molar-refractivity contribution in [3.63, 3.8) is 0 Å². The average molecular weight is 306 g/mol. The number of fused-ring (bicyclic) bond motifs is 1. The summed E-state index contributed by atoms with van der Waals surface area (Å²) in [6, 6.07) is 7.63. The molecule has 1 N–H and O–H groups in total. The van der Waals surface area contributed by atoms with Crippen LogP contribution in [0, 0.1) is 6.92 Å². The van der Waals surface area contributed by atoms with E-state index in [1.54, 1.807) is 7.11 Å². The van der Waals surface area contributed by atoms with Crippen LogP contribution in [0.2, 0.25) is 0 Å². The highest BCUT2D eigenvalue weighted by Crippen LogP contribution is 2.29. The summed E-state index contributed by atoms with van der Waals surface area (Å²) in [7, 11) is -1.27. The Labute approximate surface area is 124 Å². The van der Waals surface area contributed by atoms with Crippen molar-refractivity contribution < 1.29 is 13.2 Å². The van der Waals surface area contributed by atoms with Gasteiger partial charge in [0.15, 0.2) is 9.84 Å². The summed E-state index contributed by atoms with van der Waals surface area (Å²) in [4.78, 5) is 4.50. The van der Waals surface area contributed by atoms with Gasteiger partial charge in [0.25, 0.3) is 0 Å². The Bertz CT molecular complexity index is 787. The molecule has 2 heterocycles. The molecule has 1 unspecified atom stereocenters. The monoisotopic (exact) mass is 306 g/mol. The van der Waals surface area contributed by atoms with Crippen LogP contribution < -0.4 is 10.1 Å². The van der Waals surface area contributed by atoms with Gasteiger partial charge in [-0.2, -0.15) is 0 Å². The Kier molecular flexibility index (Phi) is 3.49. The number of rotatable bonds is 3. The van der Waals surface area contributed by atoms with E-state index in [9.17, 15) is 8.42 Å². The topological polar surface area (TPSA) is 68.3 Å².